The number of aromatic nitrogens is 3. The molecule has 0 bridgehead atoms. The van der Waals surface area contributed by atoms with Crippen LogP contribution >= 0.6 is 0 Å². The van der Waals surface area contributed by atoms with Crippen LogP contribution in [0.15, 0.2) is 30.5 Å². The highest BCUT2D eigenvalue weighted by Gasteiger charge is 2.08. The van der Waals surface area contributed by atoms with Crippen LogP contribution in [0.3, 0.4) is 0 Å². The van der Waals surface area contributed by atoms with E-state index >= 15 is 0 Å². The zero-order valence-corrected chi connectivity index (χ0v) is 8.14. The number of H-pyrrole nitrogens is 1. The molecule has 3 aromatic rings. The fraction of sp³-hybridized carbons (Fsp3) is 0. The molecule has 3 rings (SSSR count). The molecule has 2 N–H and O–H groups in total. The van der Waals surface area contributed by atoms with Crippen LogP contribution in [0, 0.1) is 0 Å². The van der Waals surface area contributed by atoms with Crippen molar-refractivity contribution in [3.63, 3.8) is 0 Å². The van der Waals surface area contributed by atoms with E-state index in [0.29, 0.717) is 5.65 Å². The molecule has 16 heavy (non-hydrogen) atoms. The van der Waals surface area contributed by atoms with Gasteiger partial charge in [-0.25, -0.2) is 4.79 Å². The fourth-order valence-corrected chi connectivity index (χ4v) is 1.78. The minimum atomic E-state index is -0.932. The minimum Gasteiger partial charge on any atom is -0.478 e. The number of aromatic carboxylic acids is 1. The standard InChI is InChI=1S/C11H7N3O2/c15-11(16)6-1-2-9-8(5-6)7-3-4-12-14-10(7)13-9/h1-5H,(H,13,14)(H,15,16). The highest BCUT2D eigenvalue weighted by molar-refractivity contribution is 6.07. The molecule has 0 radical (unpaired) electrons. The molecule has 2 aromatic heterocycles. The molecule has 2 heterocycles. The first-order valence-electron chi connectivity index (χ1n) is 4.72. The monoisotopic (exact) mass is 213 g/mol. The normalized spacial score (nSPS) is 11.0. The molecular formula is C11H7N3O2. The Bertz CT molecular complexity index is 703. The van der Waals surface area contributed by atoms with Gasteiger partial charge in [-0.1, -0.05) is 0 Å². The summed E-state index contributed by atoms with van der Waals surface area (Å²) in [6.45, 7) is 0. The van der Waals surface area contributed by atoms with Crippen LogP contribution in [0.2, 0.25) is 0 Å². The van der Waals surface area contributed by atoms with Gasteiger partial charge in [0.05, 0.1) is 11.8 Å². The number of aromatic amines is 1. The SMILES string of the molecule is O=C(O)c1ccc2[nH]c3nnccc3c2c1. The molecular weight excluding hydrogens is 206 g/mol. The van der Waals surface area contributed by atoms with E-state index in [4.69, 9.17) is 5.11 Å². The van der Waals surface area contributed by atoms with E-state index in [1.807, 2.05) is 6.07 Å². The van der Waals surface area contributed by atoms with Gasteiger partial charge in [0.2, 0.25) is 0 Å². The lowest BCUT2D eigenvalue weighted by molar-refractivity contribution is 0.0697. The number of rotatable bonds is 1. The third kappa shape index (κ3) is 1.15. The van der Waals surface area contributed by atoms with Crippen LogP contribution in [0.25, 0.3) is 21.9 Å². The Hall–Kier alpha value is -2.43. The molecule has 0 aliphatic heterocycles. The van der Waals surface area contributed by atoms with Gasteiger partial charge in [0.25, 0.3) is 0 Å². The number of hydrogen-bond acceptors (Lipinski definition) is 3. The quantitative estimate of drug-likeness (QED) is 0.646. The number of carbonyl (C=O) groups is 1. The lowest BCUT2D eigenvalue weighted by Gasteiger charge is -1.94. The Balaban J connectivity index is 2.44. The minimum absolute atomic E-state index is 0.269. The zero-order valence-electron chi connectivity index (χ0n) is 8.14. The van der Waals surface area contributed by atoms with Crippen molar-refractivity contribution in [1.29, 1.82) is 0 Å². The number of benzene rings is 1. The number of nitrogens with one attached hydrogen (secondary N) is 1. The van der Waals surface area contributed by atoms with Crippen molar-refractivity contribution in [2.75, 3.05) is 0 Å². The largest absolute Gasteiger partial charge is 0.478 e. The van der Waals surface area contributed by atoms with Crippen molar-refractivity contribution in [1.82, 2.24) is 15.2 Å². The molecule has 0 atom stereocenters. The van der Waals surface area contributed by atoms with Crippen LogP contribution in [-0.4, -0.2) is 26.3 Å². The van der Waals surface area contributed by atoms with Crippen LogP contribution in [0.5, 0.6) is 0 Å². The Morgan fingerprint density at radius 2 is 2.12 bits per heavy atom. The van der Waals surface area contributed by atoms with Crippen LogP contribution in [-0.2, 0) is 0 Å². The summed E-state index contributed by atoms with van der Waals surface area (Å²) in [5.74, 6) is -0.932. The number of hydrogen-bond donors (Lipinski definition) is 2. The molecule has 0 amide bonds. The molecule has 0 fully saturated rings. The van der Waals surface area contributed by atoms with E-state index < -0.39 is 5.97 Å². The molecule has 5 heteroatoms. The molecule has 0 saturated carbocycles. The van der Waals surface area contributed by atoms with E-state index in [9.17, 15) is 4.79 Å². The van der Waals surface area contributed by atoms with Gasteiger partial charge in [-0.05, 0) is 24.3 Å². The maximum Gasteiger partial charge on any atom is 0.335 e. The summed E-state index contributed by atoms with van der Waals surface area (Å²) in [4.78, 5) is 13.9. The highest BCUT2D eigenvalue weighted by atomic mass is 16.4. The summed E-state index contributed by atoms with van der Waals surface area (Å²) in [7, 11) is 0. The summed E-state index contributed by atoms with van der Waals surface area (Å²) < 4.78 is 0. The third-order valence-corrected chi connectivity index (χ3v) is 2.53. The summed E-state index contributed by atoms with van der Waals surface area (Å²) in [6.07, 6.45) is 1.59. The second-order valence-corrected chi connectivity index (χ2v) is 3.48. The first-order valence-corrected chi connectivity index (χ1v) is 4.72. The Morgan fingerprint density at radius 1 is 1.25 bits per heavy atom. The van der Waals surface area contributed by atoms with Crippen molar-refractivity contribution in [2.45, 2.75) is 0 Å². The first kappa shape index (κ1) is 8.84. The van der Waals surface area contributed by atoms with E-state index in [1.54, 1.807) is 24.4 Å². The molecule has 0 aliphatic rings. The van der Waals surface area contributed by atoms with Gasteiger partial charge in [0, 0.05) is 16.3 Å². The molecule has 1 aromatic carbocycles. The number of carboxylic acid groups (broad SMARTS) is 1. The maximum absolute atomic E-state index is 10.9. The summed E-state index contributed by atoms with van der Waals surface area (Å²) in [5.41, 5.74) is 1.80. The number of carboxylic acids is 1. The summed E-state index contributed by atoms with van der Waals surface area (Å²) >= 11 is 0. The van der Waals surface area contributed by atoms with E-state index in [-0.39, 0.29) is 5.56 Å². The molecule has 0 spiro atoms. The maximum atomic E-state index is 10.9. The van der Waals surface area contributed by atoms with Crippen molar-refractivity contribution in [2.24, 2.45) is 0 Å². The zero-order chi connectivity index (χ0) is 11.1. The van der Waals surface area contributed by atoms with E-state index in [0.717, 1.165) is 16.3 Å². The van der Waals surface area contributed by atoms with Crippen molar-refractivity contribution < 1.29 is 9.90 Å². The molecule has 78 valence electrons. The predicted molar refractivity (Wildman–Crippen MR) is 58.4 cm³/mol. The Morgan fingerprint density at radius 3 is 2.94 bits per heavy atom. The highest BCUT2D eigenvalue weighted by Crippen LogP contribution is 2.24. The van der Waals surface area contributed by atoms with Crippen molar-refractivity contribution in [3.05, 3.63) is 36.0 Å². The molecule has 5 nitrogen and oxygen atoms in total. The number of fused-ring (bicyclic) bond motifs is 3. The predicted octanol–water partition coefficient (Wildman–Crippen LogP) is 1.81. The van der Waals surface area contributed by atoms with Gasteiger partial charge in [0.15, 0.2) is 5.65 Å². The number of nitrogens with zero attached hydrogens (tertiary/aromatic N) is 2. The average molecular weight is 213 g/mol. The van der Waals surface area contributed by atoms with Crippen molar-refractivity contribution in [3.8, 4) is 0 Å². The molecule has 0 saturated heterocycles. The van der Waals surface area contributed by atoms with Crippen LogP contribution in [0.1, 0.15) is 10.4 Å². The average Bonchev–Trinajstić information content (AvgIpc) is 2.66. The lowest BCUT2D eigenvalue weighted by Crippen LogP contribution is -1.94. The van der Waals surface area contributed by atoms with Gasteiger partial charge >= 0.3 is 5.97 Å². The van der Waals surface area contributed by atoms with Gasteiger partial charge in [-0.3, -0.25) is 0 Å². The molecule has 0 aliphatic carbocycles. The lowest BCUT2D eigenvalue weighted by atomic mass is 10.1. The van der Waals surface area contributed by atoms with E-state index in [2.05, 4.69) is 15.2 Å². The Kier molecular flexibility index (Phi) is 1.67. The second-order valence-electron chi connectivity index (χ2n) is 3.48. The summed E-state index contributed by atoms with van der Waals surface area (Å²) in [5, 5.41) is 18.4. The topological polar surface area (TPSA) is 78.9 Å². The van der Waals surface area contributed by atoms with Crippen LogP contribution in [0.4, 0.5) is 0 Å². The van der Waals surface area contributed by atoms with Gasteiger partial charge in [0.1, 0.15) is 0 Å². The second kappa shape index (κ2) is 3.03. The van der Waals surface area contributed by atoms with E-state index in [1.165, 1.54) is 0 Å². The molecule has 0 unspecified atom stereocenters. The first-order chi connectivity index (χ1) is 7.75. The fourth-order valence-electron chi connectivity index (χ4n) is 1.78. The van der Waals surface area contributed by atoms with Gasteiger partial charge in [-0.15, -0.1) is 5.10 Å². The van der Waals surface area contributed by atoms with Gasteiger partial charge in [-0.2, -0.15) is 5.10 Å². The van der Waals surface area contributed by atoms with Crippen molar-refractivity contribution >= 4 is 27.9 Å². The smallest absolute Gasteiger partial charge is 0.335 e. The third-order valence-electron chi connectivity index (χ3n) is 2.53. The summed E-state index contributed by atoms with van der Waals surface area (Å²) in [6, 6.07) is 6.75. The van der Waals surface area contributed by atoms with Crippen LogP contribution < -0.4 is 0 Å². The Labute approximate surface area is 89.7 Å². The van der Waals surface area contributed by atoms with Gasteiger partial charge < -0.3 is 10.1 Å².